The molecule has 0 spiro atoms. The summed E-state index contributed by atoms with van der Waals surface area (Å²) < 4.78 is 0. The maximum Gasteiger partial charge on any atom is 0.225 e. The zero-order valence-corrected chi connectivity index (χ0v) is 11.0. The fourth-order valence-electron chi connectivity index (χ4n) is 1.45. The van der Waals surface area contributed by atoms with Crippen molar-refractivity contribution in [3.05, 3.63) is 40.1 Å². The molecule has 2 rings (SSSR count). The number of hydrogen-bond donors (Lipinski definition) is 1. The van der Waals surface area contributed by atoms with Gasteiger partial charge in [-0.3, -0.25) is 4.79 Å². The lowest BCUT2D eigenvalue weighted by Crippen LogP contribution is -2.08. The van der Waals surface area contributed by atoms with E-state index in [9.17, 15) is 4.79 Å². The molecule has 0 aliphatic carbocycles. The van der Waals surface area contributed by atoms with E-state index < -0.39 is 0 Å². The average molecular weight is 273 g/mol. The second kappa shape index (κ2) is 5.99. The summed E-state index contributed by atoms with van der Waals surface area (Å²) in [6.07, 6.45) is 0.418. The number of carbonyl (C=O) groups excluding carboxylic acids is 1. The van der Waals surface area contributed by atoms with Gasteiger partial charge in [-0.25, -0.2) is 4.98 Å². The summed E-state index contributed by atoms with van der Waals surface area (Å²) in [4.78, 5) is 18.3. The Kier molecular flexibility index (Phi) is 4.12. The molecule has 7 heteroatoms. The third kappa shape index (κ3) is 3.31. The van der Waals surface area contributed by atoms with E-state index in [1.165, 1.54) is 11.3 Å². The van der Waals surface area contributed by atoms with E-state index in [1.807, 2.05) is 11.4 Å². The van der Waals surface area contributed by atoms with Gasteiger partial charge in [-0.1, -0.05) is 30.2 Å². The number of aromatic nitrogens is 1. The van der Waals surface area contributed by atoms with Gasteiger partial charge in [-0.15, -0.1) is 11.3 Å². The van der Waals surface area contributed by atoms with Crippen LogP contribution in [0, 0.1) is 0 Å². The van der Waals surface area contributed by atoms with Gasteiger partial charge in [0.05, 0.1) is 5.69 Å². The molecule has 0 fully saturated rings. The second-order valence-electron chi connectivity index (χ2n) is 3.68. The lowest BCUT2D eigenvalue weighted by molar-refractivity contribution is -0.115. The van der Waals surface area contributed by atoms with Crippen LogP contribution in [0.15, 0.2) is 34.8 Å². The molecular formula is C12H11N5OS. The van der Waals surface area contributed by atoms with Crippen LogP contribution in [0.3, 0.4) is 0 Å². The number of hydrogen-bond acceptors (Lipinski definition) is 4. The maximum atomic E-state index is 11.3. The van der Waals surface area contributed by atoms with Crippen LogP contribution in [-0.4, -0.2) is 10.9 Å². The molecule has 0 radical (unpaired) electrons. The molecule has 1 aromatic heterocycles. The third-order valence-electron chi connectivity index (χ3n) is 2.37. The van der Waals surface area contributed by atoms with Crippen molar-refractivity contribution in [1.29, 1.82) is 0 Å². The Labute approximate surface area is 113 Å². The van der Waals surface area contributed by atoms with Crippen molar-refractivity contribution in [2.75, 3.05) is 5.32 Å². The number of benzene rings is 1. The molecule has 0 aliphatic rings. The van der Waals surface area contributed by atoms with E-state index in [2.05, 4.69) is 20.3 Å². The predicted octanol–water partition coefficient (Wildman–Crippen LogP) is 4.10. The summed E-state index contributed by atoms with van der Waals surface area (Å²) in [7, 11) is 0. The minimum atomic E-state index is -0.0660. The Hall–Kier alpha value is -2.37. The number of azide groups is 1. The van der Waals surface area contributed by atoms with E-state index in [-0.39, 0.29) is 5.91 Å². The number of nitrogens with zero attached hydrogens (tertiary/aromatic N) is 4. The maximum absolute atomic E-state index is 11.3. The number of rotatable bonds is 4. The quantitative estimate of drug-likeness (QED) is 0.516. The van der Waals surface area contributed by atoms with Crippen LogP contribution < -0.4 is 5.32 Å². The van der Waals surface area contributed by atoms with Crippen molar-refractivity contribution in [2.45, 2.75) is 13.3 Å². The molecule has 0 unspecified atom stereocenters. The Morgan fingerprint density at radius 3 is 3.16 bits per heavy atom. The van der Waals surface area contributed by atoms with Gasteiger partial charge in [0.25, 0.3) is 0 Å². The van der Waals surface area contributed by atoms with Gasteiger partial charge in [-0.05, 0) is 11.6 Å². The molecule has 0 aliphatic heterocycles. The predicted molar refractivity (Wildman–Crippen MR) is 75.3 cm³/mol. The number of carbonyl (C=O) groups is 1. The molecule has 0 bridgehead atoms. The molecule has 0 atom stereocenters. The molecule has 2 aromatic rings. The van der Waals surface area contributed by atoms with E-state index in [0.29, 0.717) is 17.2 Å². The van der Waals surface area contributed by atoms with E-state index in [4.69, 9.17) is 5.53 Å². The lowest BCUT2D eigenvalue weighted by atomic mass is 10.1. The zero-order chi connectivity index (χ0) is 13.7. The first-order valence-electron chi connectivity index (χ1n) is 5.64. The summed E-state index contributed by atoms with van der Waals surface area (Å²) in [5, 5.41) is 8.67. The highest BCUT2D eigenvalue weighted by Crippen LogP contribution is 2.27. The fraction of sp³-hybridized carbons (Fsp3) is 0.167. The first kappa shape index (κ1) is 13.1. The van der Waals surface area contributed by atoms with E-state index in [1.54, 1.807) is 25.1 Å². The van der Waals surface area contributed by atoms with Crippen LogP contribution in [0.5, 0.6) is 0 Å². The number of amides is 1. The molecule has 0 saturated heterocycles. The Morgan fingerprint density at radius 2 is 2.42 bits per heavy atom. The standard InChI is InChI=1S/C12H11N5OS/c1-2-11(18)15-12-14-10(7-19-12)8-4-3-5-9(6-8)16-17-13/h3-7H,2H2,1H3,(H,14,15,18). The molecule has 0 saturated carbocycles. The lowest BCUT2D eigenvalue weighted by Gasteiger charge is -1.98. The monoisotopic (exact) mass is 273 g/mol. The summed E-state index contributed by atoms with van der Waals surface area (Å²) in [6, 6.07) is 7.13. The third-order valence-corrected chi connectivity index (χ3v) is 3.13. The van der Waals surface area contributed by atoms with Crippen LogP contribution in [0.4, 0.5) is 10.8 Å². The number of nitrogens with one attached hydrogen (secondary N) is 1. The average Bonchev–Trinajstić information content (AvgIpc) is 2.88. The van der Waals surface area contributed by atoms with Gasteiger partial charge >= 0.3 is 0 Å². The Bertz CT molecular complexity index is 645. The largest absolute Gasteiger partial charge is 0.302 e. The molecule has 1 heterocycles. The fourth-order valence-corrected chi connectivity index (χ4v) is 2.19. The highest BCUT2D eigenvalue weighted by atomic mass is 32.1. The number of thiazole rings is 1. The highest BCUT2D eigenvalue weighted by Gasteiger charge is 2.07. The summed E-state index contributed by atoms with van der Waals surface area (Å²) in [5.41, 5.74) is 10.5. The first-order chi connectivity index (χ1) is 9.22. The molecule has 1 aromatic carbocycles. The highest BCUT2D eigenvalue weighted by molar-refractivity contribution is 7.14. The van der Waals surface area contributed by atoms with Crippen LogP contribution in [0.1, 0.15) is 13.3 Å². The van der Waals surface area contributed by atoms with Crippen molar-refractivity contribution in [3.8, 4) is 11.3 Å². The van der Waals surface area contributed by atoms with Crippen molar-refractivity contribution < 1.29 is 4.79 Å². The molecule has 6 nitrogen and oxygen atoms in total. The van der Waals surface area contributed by atoms with Gasteiger partial charge in [0.15, 0.2) is 5.13 Å². The Balaban J connectivity index is 2.24. The van der Waals surface area contributed by atoms with Crippen LogP contribution >= 0.6 is 11.3 Å². The summed E-state index contributed by atoms with van der Waals surface area (Å²) in [6.45, 7) is 1.78. The molecule has 1 amide bonds. The van der Waals surface area contributed by atoms with Crippen molar-refractivity contribution in [1.82, 2.24) is 4.98 Å². The van der Waals surface area contributed by atoms with Crippen molar-refractivity contribution in [2.24, 2.45) is 5.11 Å². The minimum Gasteiger partial charge on any atom is -0.302 e. The molecule has 19 heavy (non-hydrogen) atoms. The van der Waals surface area contributed by atoms with Gasteiger partial charge < -0.3 is 5.32 Å². The van der Waals surface area contributed by atoms with Crippen molar-refractivity contribution >= 4 is 28.1 Å². The van der Waals surface area contributed by atoms with Crippen LogP contribution in [0.25, 0.3) is 21.7 Å². The SMILES string of the molecule is CCC(=O)Nc1nc(-c2cccc(N=[N+]=[N-])c2)cs1. The van der Waals surface area contributed by atoms with Gasteiger partial charge in [-0.2, -0.15) is 0 Å². The topological polar surface area (TPSA) is 90.8 Å². The van der Waals surface area contributed by atoms with Gasteiger partial charge in [0.2, 0.25) is 5.91 Å². The normalized spacial score (nSPS) is 9.74. The summed E-state index contributed by atoms with van der Waals surface area (Å²) in [5.74, 6) is -0.0660. The molecular weight excluding hydrogens is 262 g/mol. The van der Waals surface area contributed by atoms with E-state index in [0.717, 1.165) is 11.3 Å². The van der Waals surface area contributed by atoms with Crippen molar-refractivity contribution in [3.63, 3.8) is 0 Å². The molecule has 1 N–H and O–H groups in total. The van der Waals surface area contributed by atoms with Crippen LogP contribution in [-0.2, 0) is 4.79 Å². The van der Waals surface area contributed by atoms with Gasteiger partial charge in [0, 0.05) is 28.0 Å². The summed E-state index contributed by atoms with van der Waals surface area (Å²) >= 11 is 1.36. The molecule has 96 valence electrons. The Morgan fingerprint density at radius 1 is 1.58 bits per heavy atom. The zero-order valence-electron chi connectivity index (χ0n) is 10.2. The van der Waals surface area contributed by atoms with Crippen LogP contribution in [0.2, 0.25) is 0 Å². The number of anilines is 1. The smallest absolute Gasteiger partial charge is 0.225 e. The minimum absolute atomic E-state index is 0.0660. The van der Waals surface area contributed by atoms with E-state index >= 15 is 0 Å². The van der Waals surface area contributed by atoms with Gasteiger partial charge in [0.1, 0.15) is 0 Å². The second-order valence-corrected chi connectivity index (χ2v) is 4.54. The first-order valence-corrected chi connectivity index (χ1v) is 6.52.